The maximum Gasteiger partial charge on any atom is 0.0991 e. The van der Waals surface area contributed by atoms with Crippen molar-refractivity contribution in [3.63, 3.8) is 0 Å². The third-order valence-corrected chi connectivity index (χ3v) is 4.49. The van der Waals surface area contributed by atoms with Crippen molar-refractivity contribution >= 4 is 0 Å². The monoisotopic (exact) mass is 299 g/mol. The molecule has 0 aromatic heterocycles. The molecule has 1 nitrogen and oxygen atoms in total. The van der Waals surface area contributed by atoms with Gasteiger partial charge in [-0.1, -0.05) is 56.3 Å². The standard InChI is InChI=1S/C22H21N/c1-15(2)19-9-10-20(21-11-4-16(3)22(21)13-19)12-17-5-7-18(14-23)8-6-17/h4-11,13,15H,12H2,1-3H3. The van der Waals surface area contributed by atoms with Gasteiger partial charge in [0.2, 0.25) is 0 Å². The van der Waals surface area contributed by atoms with Gasteiger partial charge in [-0.3, -0.25) is 0 Å². The van der Waals surface area contributed by atoms with E-state index in [2.05, 4.69) is 69.3 Å². The Balaban J connectivity index is 2.04. The molecule has 0 aliphatic heterocycles. The summed E-state index contributed by atoms with van der Waals surface area (Å²) in [6.45, 7) is 6.65. The number of fused-ring (bicyclic) bond motifs is 1. The largest absolute Gasteiger partial charge is 0.192 e. The molecule has 0 amide bonds. The molecular formula is C22H21N. The average Bonchev–Trinajstić information content (AvgIpc) is 2.80. The second-order valence-electron chi connectivity index (χ2n) is 6.49. The molecule has 23 heavy (non-hydrogen) atoms. The van der Waals surface area contributed by atoms with Gasteiger partial charge in [-0.25, -0.2) is 0 Å². The van der Waals surface area contributed by atoms with Crippen LogP contribution in [0.5, 0.6) is 0 Å². The van der Waals surface area contributed by atoms with Crippen LogP contribution in [-0.2, 0) is 6.42 Å². The van der Waals surface area contributed by atoms with E-state index < -0.39 is 0 Å². The molecule has 0 bridgehead atoms. The molecule has 1 heteroatoms. The summed E-state index contributed by atoms with van der Waals surface area (Å²) >= 11 is 0. The molecule has 0 N–H and O–H groups in total. The summed E-state index contributed by atoms with van der Waals surface area (Å²) in [4.78, 5) is 0. The Morgan fingerprint density at radius 3 is 2.30 bits per heavy atom. The minimum absolute atomic E-state index is 0.516. The summed E-state index contributed by atoms with van der Waals surface area (Å²) in [5, 5.41) is 8.93. The number of aryl methyl sites for hydroxylation is 1. The SMILES string of the molecule is Cc1ccc2c(Cc3ccc(C#N)cc3)ccc(C(C)C)cc1-2. The van der Waals surface area contributed by atoms with Crippen LogP contribution in [-0.4, -0.2) is 0 Å². The molecular weight excluding hydrogens is 278 g/mol. The highest BCUT2D eigenvalue weighted by Crippen LogP contribution is 2.33. The number of rotatable bonds is 3. The molecule has 2 aliphatic rings. The van der Waals surface area contributed by atoms with E-state index in [1.807, 2.05) is 12.1 Å². The fourth-order valence-electron chi connectivity index (χ4n) is 3.00. The second kappa shape index (κ2) is 6.26. The number of hydrogen-bond donors (Lipinski definition) is 0. The van der Waals surface area contributed by atoms with Gasteiger partial charge in [0.1, 0.15) is 0 Å². The first-order valence-electron chi connectivity index (χ1n) is 8.09. The minimum atomic E-state index is 0.516. The zero-order valence-corrected chi connectivity index (χ0v) is 13.9. The van der Waals surface area contributed by atoms with Crippen LogP contribution in [0, 0.1) is 18.3 Å². The highest BCUT2D eigenvalue weighted by Gasteiger charge is 2.12. The maximum atomic E-state index is 8.93. The summed E-state index contributed by atoms with van der Waals surface area (Å²) in [6, 6.07) is 21.3. The van der Waals surface area contributed by atoms with Crippen LogP contribution >= 0.6 is 0 Å². The molecule has 0 saturated carbocycles. The normalized spacial score (nSPS) is 10.9. The van der Waals surface area contributed by atoms with Crippen molar-refractivity contribution in [2.45, 2.75) is 33.1 Å². The van der Waals surface area contributed by atoms with Crippen molar-refractivity contribution in [2.75, 3.05) is 0 Å². The van der Waals surface area contributed by atoms with Crippen LogP contribution in [0.3, 0.4) is 0 Å². The molecule has 0 spiro atoms. The molecule has 0 heterocycles. The quantitative estimate of drug-likeness (QED) is 0.610. The first kappa shape index (κ1) is 15.3. The van der Waals surface area contributed by atoms with Crippen LogP contribution in [0.2, 0.25) is 0 Å². The van der Waals surface area contributed by atoms with Crippen LogP contribution in [0.25, 0.3) is 11.1 Å². The molecule has 3 rings (SSSR count). The lowest BCUT2D eigenvalue weighted by molar-refractivity contribution is 0.868. The molecule has 114 valence electrons. The van der Waals surface area contributed by atoms with Crippen molar-refractivity contribution < 1.29 is 0 Å². The van der Waals surface area contributed by atoms with E-state index in [0.29, 0.717) is 11.5 Å². The predicted octanol–water partition coefficient (Wildman–Crippen LogP) is 5.69. The number of hydrogen-bond acceptors (Lipinski definition) is 1. The minimum Gasteiger partial charge on any atom is -0.192 e. The Hall–Kier alpha value is -2.59. The highest BCUT2D eigenvalue weighted by molar-refractivity contribution is 5.74. The lowest BCUT2D eigenvalue weighted by Crippen LogP contribution is -1.89. The van der Waals surface area contributed by atoms with E-state index in [4.69, 9.17) is 5.26 Å². The molecule has 0 unspecified atom stereocenters. The summed E-state index contributed by atoms with van der Waals surface area (Å²) in [5.41, 5.74) is 8.67. The zero-order valence-electron chi connectivity index (χ0n) is 13.9. The van der Waals surface area contributed by atoms with Crippen LogP contribution in [0.1, 0.15) is 47.6 Å². The number of nitrogens with zero attached hydrogens (tertiary/aromatic N) is 1. The van der Waals surface area contributed by atoms with E-state index in [1.54, 1.807) is 0 Å². The smallest absolute Gasteiger partial charge is 0.0991 e. The molecule has 0 radical (unpaired) electrons. The van der Waals surface area contributed by atoms with E-state index in [0.717, 1.165) is 6.42 Å². The van der Waals surface area contributed by atoms with Crippen LogP contribution < -0.4 is 0 Å². The Morgan fingerprint density at radius 2 is 1.65 bits per heavy atom. The Kier molecular flexibility index (Phi) is 4.17. The molecule has 0 fully saturated rings. The van der Waals surface area contributed by atoms with Crippen molar-refractivity contribution in [3.8, 4) is 17.2 Å². The van der Waals surface area contributed by atoms with Gasteiger partial charge in [0.05, 0.1) is 11.6 Å². The van der Waals surface area contributed by atoms with Crippen molar-refractivity contribution in [3.05, 3.63) is 82.4 Å². The van der Waals surface area contributed by atoms with Crippen LogP contribution in [0.4, 0.5) is 0 Å². The van der Waals surface area contributed by atoms with E-state index >= 15 is 0 Å². The van der Waals surface area contributed by atoms with Gasteiger partial charge in [0.15, 0.2) is 0 Å². The van der Waals surface area contributed by atoms with Crippen LogP contribution in [0.15, 0.2) is 54.6 Å². The Morgan fingerprint density at radius 1 is 0.913 bits per heavy atom. The fraction of sp³-hybridized carbons (Fsp3) is 0.227. The summed E-state index contributed by atoms with van der Waals surface area (Å²) in [5.74, 6) is 0.516. The van der Waals surface area contributed by atoms with E-state index in [1.165, 1.54) is 33.4 Å². The number of benzene rings is 1. The van der Waals surface area contributed by atoms with Gasteiger partial charge in [0, 0.05) is 0 Å². The molecule has 2 aliphatic carbocycles. The summed E-state index contributed by atoms with van der Waals surface area (Å²) < 4.78 is 0. The zero-order chi connectivity index (χ0) is 16.4. The third-order valence-electron chi connectivity index (χ3n) is 4.49. The van der Waals surface area contributed by atoms with E-state index in [-0.39, 0.29) is 0 Å². The average molecular weight is 299 g/mol. The lowest BCUT2D eigenvalue weighted by Gasteiger charge is -2.06. The summed E-state index contributed by atoms with van der Waals surface area (Å²) in [7, 11) is 0. The van der Waals surface area contributed by atoms with Gasteiger partial charge in [-0.15, -0.1) is 0 Å². The highest BCUT2D eigenvalue weighted by atomic mass is 14.2. The van der Waals surface area contributed by atoms with Gasteiger partial charge in [-0.05, 0) is 64.8 Å². The van der Waals surface area contributed by atoms with Gasteiger partial charge in [-0.2, -0.15) is 5.26 Å². The molecule has 0 saturated heterocycles. The molecule has 1 aromatic rings. The molecule has 1 aromatic carbocycles. The van der Waals surface area contributed by atoms with Gasteiger partial charge in [0.25, 0.3) is 0 Å². The maximum absolute atomic E-state index is 8.93. The second-order valence-corrected chi connectivity index (χ2v) is 6.49. The third kappa shape index (κ3) is 3.12. The van der Waals surface area contributed by atoms with Gasteiger partial charge >= 0.3 is 0 Å². The van der Waals surface area contributed by atoms with Crippen molar-refractivity contribution in [1.82, 2.24) is 0 Å². The Labute approximate surface area is 138 Å². The fourth-order valence-corrected chi connectivity index (χ4v) is 3.00. The topological polar surface area (TPSA) is 23.8 Å². The van der Waals surface area contributed by atoms with Crippen molar-refractivity contribution in [2.24, 2.45) is 0 Å². The Bertz CT molecular complexity index is 835. The van der Waals surface area contributed by atoms with E-state index in [9.17, 15) is 0 Å². The summed E-state index contributed by atoms with van der Waals surface area (Å²) in [6.07, 6.45) is 0.887. The molecule has 0 atom stereocenters. The predicted molar refractivity (Wildman–Crippen MR) is 95.9 cm³/mol. The first-order chi connectivity index (χ1) is 11.1. The van der Waals surface area contributed by atoms with Crippen molar-refractivity contribution in [1.29, 1.82) is 5.26 Å². The number of nitriles is 1. The lowest BCUT2D eigenvalue weighted by atomic mass is 9.98. The first-order valence-corrected chi connectivity index (χ1v) is 8.09. The van der Waals surface area contributed by atoms with Gasteiger partial charge < -0.3 is 0 Å².